The third kappa shape index (κ3) is 1.59. The van der Waals surface area contributed by atoms with E-state index in [1.165, 1.54) is 5.56 Å². The molecule has 1 aromatic heterocycles. The summed E-state index contributed by atoms with van der Waals surface area (Å²) in [6, 6.07) is 3.86. The molecule has 0 saturated carbocycles. The van der Waals surface area contributed by atoms with Gasteiger partial charge in [-0.05, 0) is 36.5 Å². The first-order chi connectivity index (χ1) is 8.29. The molecule has 5 nitrogen and oxygen atoms in total. The third-order valence-corrected chi connectivity index (χ3v) is 3.14. The van der Waals surface area contributed by atoms with Gasteiger partial charge in [-0.15, -0.1) is 0 Å². The Kier molecular flexibility index (Phi) is 2.33. The Morgan fingerprint density at radius 1 is 1.35 bits per heavy atom. The zero-order valence-corrected chi connectivity index (χ0v) is 9.31. The minimum atomic E-state index is 0.207. The minimum absolute atomic E-state index is 0.207. The van der Waals surface area contributed by atoms with Gasteiger partial charge in [0.1, 0.15) is 5.75 Å². The molecular weight excluding hydrogens is 218 g/mol. The van der Waals surface area contributed by atoms with E-state index in [0.29, 0.717) is 17.3 Å². The van der Waals surface area contributed by atoms with E-state index < -0.39 is 0 Å². The van der Waals surface area contributed by atoms with E-state index in [1.54, 1.807) is 0 Å². The summed E-state index contributed by atoms with van der Waals surface area (Å²) in [5.41, 5.74) is 8.26. The molecule has 0 atom stereocenters. The lowest BCUT2D eigenvalue weighted by atomic mass is 10.0. The number of nitrogens with zero attached hydrogens (tertiary/aromatic N) is 2. The molecule has 0 spiro atoms. The van der Waals surface area contributed by atoms with Crippen molar-refractivity contribution in [2.45, 2.75) is 25.8 Å². The number of rotatable bonds is 2. The van der Waals surface area contributed by atoms with Crippen LogP contribution in [0.1, 0.15) is 23.4 Å². The third-order valence-electron chi connectivity index (χ3n) is 3.14. The highest BCUT2D eigenvalue weighted by molar-refractivity contribution is 5.67. The van der Waals surface area contributed by atoms with Gasteiger partial charge < -0.3 is 15.4 Å². The molecule has 0 radical (unpaired) electrons. The second kappa shape index (κ2) is 3.85. The lowest BCUT2D eigenvalue weighted by Crippen LogP contribution is -1.96. The Labute approximate surface area is 98.3 Å². The molecule has 0 aliphatic heterocycles. The zero-order chi connectivity index (χ0) is 11.8. The van der Waals surface area contributed by atoms with Gasteiger partial charge in [-0.1, -0.05) is 11.2 Å². The zero-order valence-electron chi connectivity index (χ0n) is 9.31. The van der Waals surface area contributed by atoms with Crippen molar-refractivity contribution in [3.63, 3.8) is 0 Å². The number of aryl methyl sites for hydroxylation is 1. The van der Waals surface area contributed by atoms with Crippen molar-refractivity contribution >= 4 is 0 Å². The van der Waals surface area contributed by atoms with Gasteiger partial charge in [-0.2, -0.15) is 4.98 Å². The van der Waals surface area contributed by atoms with Crippen molar-refractivity contribution in [2.75, 3.05) is 0 Å². The van der Waals surface area contributed by atoms with Crippen LogP contribution < -0.4 is 5.73 Å². The molecule has 1 aliphatic carbocycles. The summed E-state index contributed by atoms with van der Waals surface area (Å²) in [5.74, 6) is 1.06. The summed E-state index contributed by atoms with van der Waals surface area (Å²) in [5, 5.41) is 14.0. The maximum atomic E-state index is 10.2. The predicted molar refractivity (Wildman–Crippen MR) is 61.3 cm³/mol. The summed E-state index contributed by atoms with van der Waals surface area (Å²) >= 11 is 0. The van der Waals surface area contributed by atoms with Crippen molar-refractivity contribution in [1.82, 2.24) is 10.1 Å². The summed E-state index contributed by atoms with van der Waals surface area (Å²) in [6.45, 7) is 0.207. The molecule has 3 rings (SSSR count). The van der Waals surface area contributed by atoms with E-state index in [-0.39, 0.29) is 12.3 Å². The molecule has 1 aliphatic rings. The lowest BCUT2D eigenvalue weighted by Gasteiger charge is -2.05. The van der Waals surface area contributed by atoms with E-state index in [9.17, 15) is 5.11 Å². The Morgan fingerprint density at radius 3 is 3.00 bits per heavy atom. The number of benzene rings is 1. The summed E-state index contributed by atoms with van der Waals surface area (Å²) in [4.78, 5) is 4.12. The highest BCUT2D eigenvalue weighted by atomic mass is 16.5. The maximum Gasteiger partial charge on any atom is 0.240 e. The molecule has 2 aromatic rings. The molecule has 0 bridgehead atoms. The Bertz CT molecular complexity index is 563. The highest BCUT2D eigenvalue weighted by Gasteiger charge is 2.20. The first-order valence-electron chi connectivity index (χ1n) is 5.66. The number of hydrogen-bond donors (Lipinski definition) is 2. The molecule has 0 saturated heterocycles. The van der Waals surface area contributed by atoms with Gasteiger partial charge in [0.2, 0.25) is 11.7 Å². The SMILES string of the molecule is NCc1nc(-c2ccc3c(c2O)CCC3)no1. The van der Waals surface area contributed by atoms with Crippen LogP contribution in [0.15, 0.2) is 16.7 Å². The van der Waals surface area contributed by atoms with Crippen LogP contribution in [0.5, 0.6) is 5.75 Å². The predicted octanol–water partition coefficient (Wildman–Crippen LogP) is 1.39. The van der Waals surface area contributed by atoms with E-state index in [4.69, 9.17) is 10.3 Å². The number of hydrogen-bond acceptors (Lipinski definition) is 5. The van der Waals surface area contributed by atoms with E-state index in [0.717, 1.165) is 24.8 Å². The Hall–Kier alpha value is -1.88. The quantitative estimate of drug-likeness (QED) is 0.815. The normalized spacial score (nSPS) is 13.9. The van der Waals surface area contributed by atoms with E-state index in [2.05, 4.69) is 10.1 Å². The van der Waals surface area contributed by atoms with Crippen molar-refractivity contribution in [2.24, 2.45) is 5.73 Å². The van der Waals surface area contributed by atoms with Crippen molar-refractivity contribution in [1.29, 1.82) is 0 Å². The van der Waals surface area contributed by atoms with Crippen LogP contribution in [0.4, 0.5) is 0 Å². The highest BCUT2D eigenvalue weighted by Crippen LogP contribution is 2.37. The van der Waals surface area contributed by atoms with Gasteiger partial charge >= 0.3 is 0 Å². The van der Waals surface area contributed by atoms with Gasteiger partial charge in [0.05, 0.1) is 12.1 Å². The topological polar surface area (TPSA) is 85.2 Å². The fourth-order valence-electron chi connectivity index (χ4n) is 2.27. The van der Waals surface area contributed by atoms with Crippen LogP contribution in [-0.4, -0.2) is 15.2 Å². The molecule has 0 amide bonds. The standard InChI is InChI=1S/C12H13N3O2/c13-6-10-14-12(15-17-10)9-5-4-7-2-1-3-8(7)11(9)16/h4-5,16H,1-3,6,13H2. The second-order valence-corrected chi connectivity index (χ2v) is 4.17. The number of aromatic hydroxyl groups is 1. The average Bonchev–Trinajstić information content (AvgIpc) is 2.97. The van der Waals surface area contributed by atoms with Crippen LogP contribution in [0.25, 0.3) is 11.4 Å². The molecule has 0 unspecified atom stereocenters. The first kappa shape index (κ1) is 10.3. The Morgan fingerprint density at radius 2 is 2.24 bits per heavy atom. The van der Waals surface area contributed by atoms with E-state index in [1.807, 2.05) is 12.1 Å². The number of phenols is 1. The summed E-state index contributed by atoms with van der Waals surface area (Å²) in [7, 11) is 0. The lowest BCUT2D eigenvalue weighted by molar-refractivity contribution is 0.380. The van der Waals surface area contributed by atoms with Gasteiger partial charge in [0.25, 0.3) is 0 Å². The monoisotopic (exact) mass is 231 g/mol. The van der Waals surface area contributed by atoms with Gasteiger partial charge in [0.15, 0.2) is 0 Å². The molecule has 1 heterocycles. The van der Waals surface area contributed by atoms with Crippen molar-refractivity contribution < 1.29 is 9.63 Å². The molecule has 1 aromatic carbocycles. The van der Waals surface area contributed by atoms with Gasteiger partial charge in [-0.3, -0.25) is 0 Å². The first-order valence-corrected chi connectivity index (χ1v) is 5.66. The summed E-state index contributed by atoms with van der Waals surface area (Å²) in [6.07, 6.45) is 3.03. The molecule has 5 heteroatoms. The smallest absolute Gasteiger partial charge is 0.240 e. The number of aromatic nitrogens is 2. The fraction of sp³-hybridized carbons (Fsp3) is 0.333. The minimum Gasteiger partial charge on any atom is -0.507 e. The van der Waals surface area contributed by atoms with Crippen LogP contribution in [0.2, 0.25) is 0 Å². The van der Waals surface area contributed by atoms with Crippen LogP contribution in [-0.2, 0) is 19.4 Å². The maximum absolute atomic E-state index is 10.2. The fourth-order valence-corrected chi connectivity index (χ4v) is 2.27. The molecule has 17 heavy (non-hydrogen) atoms. The number of phenolic OH excluding ortho intramolecular Hbond substituents is 1. The van der Waals surface area contributed by atoms with Crippen molar-refractivity contribution in [3.05, 3.63) is 29.2 Å². The molecular formula is C12H13N3O2. The van der Waals surface area contributed by atoms with Gasteiger partial charge in [0, 0.05) is 0 Å². The van der Waals surface area contributed by atoms with Crippen LogP contribution in [0.3, 0.4) is 0 Å². The van der Waals surface area contributed by atoms with E-state index >= 15 is 0 Å². The second-order valence-electron chi connectivity index (χ2n) is 4.17. The number of fused-ring (bicyclic) bond motifs is 1. The molecule has 0 fully saturated rings. The largest absolute Gasteiger partial charge is 0.507 e. The van der Waals surface area contributed by atoms with Crippen LogP contribution in [0, 0.1) is 0 Å². The van der Waals surface area contributed by atoms with Crippen molar-refractivity contribution in [3.8, 4) is 17.1 Å². The Balaban J connectivity index is 2.09. The number of nitrogens with two attached hydrogens (primary N) is 1. The molecule has 3 N–H and O–H groups in total. The summed E-state index contributed by atoms with van der Waals surface area (Å²) < 4.78 is 4.95. The molecule has 88 valence electrons. The van der Waals surface area contributed by atoms with Gasteiger partial charge in [-0.25, -0.2) is 0 Å². The average molecular weight is 231 g/mol. The van der Waals surface area contributed by atoms with Crippen LogP contribution >= 0.6 is 0 Å².